The van der Waals surface area contributed by atoms with Crippen LogP contribution in [0.3, 0.4) is 0 Å². The van der Waals surface area contributed by atoms with E-state index < -0.39 is 0 Å². The third-order valence-electron chi connectivity index (χ3n) is 3.39. The van der Waals surface area contributed by atoms with Gasteiger partial charge in [-0.2, -0.15) is 0 Å². The van der Waals surface area contributed by atoms with E-state index in [2.05, 4.69) is 43.0 Å². The molecule has 0 bridgehead atoms. The molecule has 1 heterocycles. The number of hydrogen-bond acceptors (Lipinski definition) is 4. The van der Waals surface area contributed by atoms with Crippen LogP contribution in [0.1, 0.15) is 37.7 Å². The fraction of sp³-hybridized carbons (Fsp3) is 0.714. The molecule has 0 aromatic carbocycles. The number of thioether (sulfide) groups is 1. The minimum Gasteiger partial charge on any atom is -0.316 e. The Kier molecular flexibility index (Phi) is 5.17. The van der Waals surface area contributed by atoms with Gasteiger partial charge in [0.2, 0.25) is 0 Å². The summed E-state index contributed by atoms with van der Waals surface area (Å²) in [5, 5.41) is 4.27. The molecule has 0 amide bonds. The van der Waals surface area contributed by atoms with Gasteiger partial charge in [0.1, 0.15) is 0 Å². The first kappa shape index (κ1) is 15.4. The molecule has 3 nitrogen and oxygen atoms in total. The molecule has 1 aromatic rings. The molecular weight excluding hydrogens is 242 g/mol. The third kappa shape index (κ3) is 3.95. The van der Waals surface area contributed by atoms with Crippen LogP contribution in [0.2, 0.25) is 0 Å². The standard InChI is InChI=1S/C14H25N3S/c1-9-10(2)16-13(17-11(9)3)18-8-12(15-7)14(4,5)6/h12,15H,8H2,1-7H3. The molecule has 1 unspecified atom stereocenters. The van der Waals surface area contributed by atoms with E-state index in [1.165, 1.54) is 5.56 Å². The van der Waals surface area contributed by atoms with Crippen molar-refractivity contribution in [3.8, 4) is 0 Å². The molecular formula is C14H25N3S. The summed E-state index contributed by atoms with van der Waals surface area (Å²) < 4.78 is 0. The predicted octanol–water partition coefficient (Wildman–Crippen LogP) is 3.13. The first-order valence-electron chi connectivity index (χ1n) is 6.37. The maximum Gasteiger partial charge on any atom is 0.188 e. The van der Waals surface area contributed by atoms with Gasteiger partial charge in [-0.15, -0.1) is 0 Å². The van der Waals surface area contributed by atoms with Crippen molar-refractivity contribution in [2.45, 2.75) is 52.7 Å². The highest BCUT2D eigenvalue weighted by Crippen LogP contribution is 2.25. The fourth-order valence-corrected chi connectivity index (χ4v) is 3.12. The Bertz CT molecular complexity index is 387. The largest absolute Gasteiger partial charge is 0.316 e. The van der Waals surface area contributed by atoms with Gasteiger partial charge in [-0.1, -0.05) is 32.5 Å². The van der Waals surface area contributed by atoms with Gasteiger partial charge in [0, 0.05) is 23.2 Å². The highest BCUT2D eigenvalue weighted by atomic mass is 32.2. The van der Waals surface area contributed by atoms with Gasteiger partial charge in [0.25, 0.3) is 0 Å². The van der Waals surface area contributed by atoms with Gasteiger partial charge >= 0.3 is 0 Å². The van der Waals surface area contributed by atoms with Crippen LogP contribution >= 0.6 is 11.8 Å². The Labute approximate surface area is 115 Å². The third-order valence-corrected chi connectivity index (χ3v) is 4.33. The van der Waals surface area contributed by atoms with E-state index in [-0.39, 0.29) is 5.41 Å². The maximum atomic E-state index is 4.55. The number of aromatic nitrogens is 2. The highest BCUT2D eigenvalue weighted by molar-refractivity contribution is 7.99. The smallest absolute Gasteiger partial charge is 0.188 e. The van der Waals surface area contributed by atoms with Gasteiger partial charge in [0.05, 0.1) is 0 Å². The molecule has 0 spiro atoms. The van der Waals surface area contributed by atoms with E-state index in [4.69, 9.17) is 0 Å². The fourth-order valence-electron chi connectivity index (χ4n) is 1.73. The molecule has 0 aliphatic rings. The van der Waals surface area contributed by atoms with Crippen LogP contribution in [0.15, 0.2) is 5.16 Å². The lowest BCUT2D eigenvalue weighted by Gasteiger charge is -2.29. The van der Waals surface area contributed by atoms with E-state index in [1.54, 1.807) is 11.8 Å². The zero-order valence-corrected chi connectivity index (χ0v) is 13.4. The topological polar surface area (TPSA) is 37.8 Å². The summed E-state index contributed by atoms with van der Waals surface area (Å²) in [4.78, 5) is 9.09. The molecule has 1 atom stereocenters. The Balaban J connectivity index is 2.75. The van der Waals surface area contributed by atoms with E-state index in [0.29, 0.717) is 6.04 Å². The number of hydrogen-bond donors (Lipinski definition) is 1. The molecule has 0 fully saturated rings. The van der Waals surface area contributed by atoms with Gasteiger partial charge in [-0.3, -0.25) is 0 Å². The van der Waals surface area contributed by atoms with Crippen LogP contribution in [0, 0.1) is 26.2 Å². The Morgan fingerprint density at radius 2 is 1.61 bits per heavy atom. The highest BCUT2D eigenvalue weighted by Gasteiger charge is 2.23. The maximum absolute atomic E-state index is 4.55. The molecule has 1 N–H and O–H groups in total. The van der Waals surface area contributed by atoms with Crippen molar-refractivity contribution in [1.29, 1.82) is 0 Å². The SMILES string of the molecule is CNC(CSc1nc(C)c(C)c(C)n1)C(C)(C)C. The molecule has 0 aliphatic carbocycles. The van der Waals surface area contributed by atoms with E-state index in [0.717, 1.165) is 22.3 Å². The Morgan fingerprint density at radius 1 is 1.11 bits per heavy atom. The quantitative estimate of drug-likeness (QED) is 0.672. The second-order valence-electron chi connectivity index (χ2n) is 5.82. The van der Waals surface area contributed by atoms with Crippen molar-refractivity contribution in [3.05, 3.63) is 17.0 Å². The summed E-state index contributed by atoms with van der Waals surface area (Å²) in [7, 11) is 2.02. The molecule has 0 radical (unpaired) electrons. The summed E-state index contributed by atoms with van der Waals surface area (Å²) >= 11 is 1.73. The van der Waals surface area contributed by atoms with Crippen LogP contribution in [-0.4, -0.2) is 28.8 Å². The van der Waals surface area contributed by atoms with E-state index >= 15 is 0 Å². The lowest BCUT2D eigenvalue weighted by atomic mass is 9.88. The second-order valence-corrected chi connectivity index (χ2v) is 6.81. The molecule has 4 heteroatoms. The number of aryl methyl sites for hydroxylation is 2. The molecule has 1 rings (SSSR count). The minimum absolute atomic E-state index is 0.247. The molecule has 102 valence electrons. The van der Waals surface area contributed by atoms with E-state index in [1.807, 2.05) is 20.9 Å². The molecule has 18 heavy (non-hydrogen) atoms. The number of nitrogens with zero attached hydrogens (tertiary/aromatic N) is 2. The van der Waals surface area contributed by atoms with Crippen molar-refractivity contribution in [1.82, 2.24) is 15.3 Å². The lowest BCUT2D eigenvalue weighted by Crippen LogP contribution is -2.40. The lowest BCUT2D eigenvalue weighted by molar-refractivity contribution is 0.305. The van der Waals surface area contributed by atoms with E-state index in [9.17, 15) is 0 Å². The van der Waals surface area contributed by atoms with Gasteiger partial charge in [-0.05, 0) is 38.8 Å². The summed E-state index contributed by atoms with van der Waals surface area (Å²) in [5.74, 6) is 0.988. The minimum atomic E-state index is 0.247. The van der Waals surface area contributed by atoms with Crippen molar-refractivity contribution in [2.75, 3.05) is 12.8 Å². The van der Waals surface area contributed by atoms with Gasteiger partial charge in [-0.25, -0.2) is 9.97 Å². The Morgan fingerprint density at radius 3 is 2.00 bits per heavy atom. The van der Waals surface area contributed by atoms with Gasteiger partial charge < -0.3 is 5.32 Å². The van der Waals surface area contributed by atoms with Crippen molar-refractivity contribution < 1.29 is 0 Å². The summed E-state index contributed by atoms with van der Waals surface area (Å²) in [6.07, 6.45) is 0. The van der Waals surface area contributed by atoms with Crippen molar-refractivity contribution in [3.63, 3.8) is 0 Å². The average Bonchev–Trinajstić information content (AvgIpc) is 2.24. The predicted molar refractivity (Wildman–Crippen MR) is 79.3 cm³/mol. The van der Waals surface area contributed by atoms with Crippen LogP contribution in [-0.2, 0) is 0 Å². The molecule has 0 aliphatic heterocycles. The van der Waals surface area contributed by atoms with Crippen LogP contribution in [0.25, 0.3) is 0 Å². The average molecular weight is 267 g/mol. The van der Waals surface area contributed by atoms with Crippen LogP contribution in [0.4, 0.5) is 0 Å². The molecule has 1 aromatic heterocycles. The molecule has 0 saturated carbocycles. The number of rotatable bonds is 4. The summed E-state index contributed by atoms with van der Waals surface area (Å²) in [5.41, 5.74) is 3.61. The zero-order valence-electron chi connectivity index (χ0n) is 12.6. The summed E-state index contributed by atoms with van der Waals surface area (Å²) in [6.45, 7) is 12.9. The van der Waals surface area contributed by atoms with Crippen molar-refractivity contribution in [2.24, 2.45) is 5.41 Å². The first-order chi connectivity index (χ1) is 8.25. The summed E-state index contributed by atoms with van der Waals surface area (Å²) in [6, 6.07) is 0.452. The van der Waals surface area contributed by atoms with Crippen LogP contribution in [0.5, 0.6) is 0 Å². The molecule has 0 saturated heterocycles. The van der Waals surface area contributed by atoms with Crippen molar-refractivity contribution >= 4 is 11.8 Å². The monoisotopic (exact) mass is 267 g/mol. The Hall–Kier alpha value is -0.610. The van der Waals surface area contributed by atoms with Crippen LogP contribution < -0.4 is 5.32 Å². The van der Waals surface area contributed by atoms with Gasteiger partial charge in [0.15, 0.2) is 5.16 Å². The normalized spacial score (nSPS) is 13.7. The number of nitrogens with one attached hydrogen (secondary N) is 1. The first-order valence-corrected chi connectivity index (χ1v) is 7.36. The second kappa shape index (κ2) is 6.02. The zero-order chi connectivity index (χ0) is 13.9.